The number of furan rings is 1. The Hall–Kier alpha value is -3.44. The van der Waals surface area contributed by atoms with Crippen molar-refractivity contribution in [3.05, 3.63) is 65.6 Å². The SMILES string of the molecule is CNS(=O)(=O)c1cc(C(=O)Nc2ccc(F)c(NC(=O)c3ccoc3C)c2)n(C)c1. The van der Waals surface area contributed by atoms with E-state index in [4.69, 9.17) is 4.42 Å². The summed E-state index contributed by atoms with van der Waals surface area (Å²) in [7, 11) is -0.926. The van der Waals surface area contributed by atoms with Crippen molar-refractivity contribution in [2.75, 3.05) is 17.7 Å². The summed E-state index contributed by atoms with van der Waals surface area (Å²) >= 11 is 0. The van der Waals surface area contributed by atoms with Crippen LogP contribution in [0.15, 0.2) is 52.1 Å². The molecule has 0 aliphatic heterocycles. The molecule has 158 valence electrons. The summed E-state index contributed by atoms with van der Waals surface area (Å²) in [4.78, 5) is 24.8. The Kier molecular flexibility index (Phi) is 5.76. The van der Waals surface area contributed by atoms with E-state index in [0.29, 0.717) is 5.76 Å². The van der Waals surface area contributed by atoms with Crippen LogP contribution in [0, 0.1) is 12.7 Å². The van der Waals surface area contributed by atoms with Crippen LogP contribution in [0.25, 0.3) is 0 Å². The zero-order chi connectivity index (χ0) is 22.1. The summed E-state index contributed by atoms with van der Waals surface area (Å²) in [5.74, 6) is -1.48. The minimum atomic E-state index is -3.71. The van der Waals surface area contributed by atoms with Gasteiger partial charge in [0.2, 0.25) is 10.0 Å². The van der Waals surface area contributed by atoms with Crippen molar-refractivity contribution in [3.63, 3.8) is 0 Å². The molecule has 0 aliphatic carbocycles. The lowest BCUT2D eigenvalue weighted by atomic mass is 10.2. The van der Waals surface area contributed by atoms with Gasteiger partial charge in [0.1, 0.15) is 22.2 Å². The van der Waals surface area contributed by atoms with Crippen LogP contribution >= 0.6 is 0 Å². The molecule has 0 saturated carbocycles. The second-order valence-corrected chi connectivity index (χ2v) is 8.26. The van der Waals surface area contributed by atoms with Gasteiger partial charge in [-0.25, -0.2) is 17.5 Å². The average Bonchev–Trinajstić information content (AvgIpc) is 3.30. The van der Waals surface area contributed by atoms with Gasteiger partial charge in [-0.2, -0.15) is 0 Å². The predicted octanol–water partition coefficient (Wildman–Crippen LogP) is 2.48. The van der Waals surface area contributed by atoms with Crippen LogP contribution in [0.3, 0.4) is 0 Å². The summed E-state index contributed by atoms with van der Waals surface area (Å²) in [6.45, 7) is 1.60. The number of nitrogens with one attached hydrogen (secondary N) is 3. The number of benzene rings is 1. The molecule has 3 aromatic rings. The zero-order valence-corrected chi connectivity index (χ0v) is 17.1. The number of halogens is 1. The van der Waals surface area contributed by atoms with Crippen LogP contribution in [0.1, 0.15) is 26.6 Å². The minimum Gasteiger partial charge on any atom is -0.469 e. The summed E-state index contributed by atoms with van der Waals surface area (Å²) in [5, 5.41) is 4.99. The molecule has 30 heavy (non-hydrogen) atoms. The molecular formula is C19H19FN4O5S. The maximum atomic E-state index is 14.1. The molecule has 9 nitrogen and oxygen atoms in total. The molecule has 11 heteroatoms. The Labute approximate surface area is 171 Å². The molecule has 3 rings (SSSR count). The van der Waals surface area contributed by atoms with Crippen molar-refractivity contribution >= 4 is 33.2 Å². The smallest absolute Gasteiger partial charge is 0.272 e. The van der Waals surface area contributed by atoms with Gasteiger partial charge in [0.15, 0.2) is 0 Å². The van der Waals surface area contributed by atoms with E-state index in [1.165, 1.54) is 55.4 Å². The first-order chi connectivity index (χ1) is 14.1. The van der Waals surface area contributed by atoms with Crippen LogP contribution in [0.2, 0.25) is 0 Å². The summed E-state index contributed by atoms with van der Waals surface area (Å²) in [5.41, 5.74) is 0.405. The number of hydrogen-bond donors (Lipinski definition) is 3. The Bertz CT molecular complexity index is 1230. The molecule has 0 bridgehead atoms. The fourth-order valence-electron chi connectivity index (χ4n) is 2.73. The second-order valence-electron chi connectivity index (χ2n) is 6.37. The Balaban J connectivity index is 1.81. The molecule has 0 atom stereocenters. The molecule has 0 radical (unpaired) electrons. The van der Waals surface area contributed by atoms with Crippen molar-refractivity contribution in [1.82, 2.24) is 9.29 Å². The number of carbonyl (C=O) groups excluding carboxylic acids is 2. The summed E-state index contributed by atoms with van der Waals surface area (Å²) < 4.78 is 46.5. The van der Waals surface area contributed by atoms with Gasteiger partial charge < -0.3 is 19.6 Å². The first-order valence-corrected chi connectivity index (χ1v) is 10.2. The van der Waals surface area contributed by atoms with E-state index in [9.17, 15) is 22.4 Å². The number of sulfonamides is 1. The van der Waals surface area contributed by atoms with Crippen LogP contribution in [-0.4, -0.2) is 31.8 Å². The van der Waals surface area contributed by atoms with E-state index in [1.54, 1.807) is 6.92 Å². The number of amides is 2. The van der Waals surface area contributed by atoms with Crippen molar-refractivity contribution in [2.45, 2.75) is 11.8 Å². The maximum Gasteiger partial charge on any atom is 0.272 e. The lowest BCUT2D eigenvalue weighted by Gasteiger charge is -2.10. The lowest BCUT2D eigenvalue weighted by molar-refractivity contribution is 0.101. The van der Waals surface area contributed by atoms with E-state index in [1.807, 2.05) is 0 Å². The second kappa shape index (κ2) is 8.13. The molecule has 3 N–H and O–H groups in total. The van der Waals surface area contributed by atoms with Crippen molar-refractivity contribution in [3.8, 4) is 0 Å². The Morgan fingerprint density at radius 3 is 2.47 bits per heavy atom. The molecule has 2 heterocycles. The highest BCUT2D eigenvalue weighted by atomic mass is 32.2. The van der Waals surface area contributed by atoms with Crippen LogP contribution in [0.5, 0.6) is 0 Å². The highest BCUT2D eigenvalue weighted by molar-refractivity contribution is 7.89. The van der Waals surface area contributed by atoms with Gasteiger partial charge in [0.25, 0.3) is 11.8 Å². The van der Waals surface area contributed by atoms with Gasteiger partial charge >= 0.3 is 0 Å². The summed E-state index contributed by atoms with van der Waals surface area (Å²) in [6.07, 6.45) is 2.64. The average molecular weight is 434 g/mol. The van der Waals surface area contributed by atoms with Crippen molar-refractivity contribution in [2.24, 2.45) is 7.05 Å². The van der Waals surface area contributed by atoms with E-state index in [0.717, 1.165) is 6.07 Å². The number of carbonyl (C=O) groups is 2. The standard InChI is InChI=1S/C19H19FN4O5S/c1-11-14(6-7-29-11)18(25)23-16-8-12(4-5-15(16)20)22-19(26)17-9-13(10-24(17)3)30(27,28)21-2/h4-10,21H,1-3H3,(H,22,26)(H,23,25). The van der Waals surface area contributed by atoms with Crippen LogP contribution in [-0.2, 0) is 17.1 Å². The number of hydrogen-bond acceptors (Lipinski definition) is 5. The molecule has 2 amide bonds. The largest absolute Gasteiger partial charge is 0.469 e. The van der Waals surface area contributed by atoms with E-state index >= 15 is 0 Å². The van der Waals surface area contributed by atoms with Crippen molar-refractivity contribution < 1.29 is 26.8 Å². The number of rotatable bonds is 6. The van der Waals surface area contributed by atoms with E-state index < -0.39 is 27.7 Å². The molecule has 1 aromatic carbocycles. The number of aryl methyl sites for hydroxylation is 2. The number of nitrogens with zero attached hydrogens (tertiary/aromatic N) is 1. The first kappa shape index (κ1) is 21.3. The normalized spacial score (nSPS) is 11.3. The first-order valence-electron chi connectivity index (χ1n) is 8.68. The van der Waals surface area contributed by atoms with Crippen LogP contribution in [0.4, 0.5) is 15.8 Å². The molecule has 2 aromatic heterocycles. The third-order valence-corrected chi connectivity index (χ3v) is 5.75. The molecule has 0 spiro atoms. The molecule has 0 aliphatic rings. The predicted molar refractivity (Wildman–Crippen MR) is 107 cm³/mol. The maximum absolute atomic E-state index is 14.1. The number of anilines is 2. The van der Waals surface area contributed by atoms with Crippen LogP contribution < -0.4 is 15.4 Å². The number of aromatic nitrogens is 1. The lowest BCUT2D eigenvalue weighted by Crippen LogP contribution is -2.18. The van der Waals surface area contributed by atoms with Gasteiger partial charge in [-0.1, -0.05) is 0 Å². The van der Waals surface area contributed by atoms with Gasteiger partial charge in [0, 0.05) is 18.9 Å². The van der Waals surface area contributed by atoms with E-state index in [2.05, 4.69) is 15.4 Å². The van der Waals surface area contributed by atoms with Gasteiger partial charge in [-0.05, 0) is 44.3 Å². The Morgan fingerprint density at radius 1 is 1.10 bits per heavy atom. The highest BCUT2D eigenvalue weighted by Gasteiger charge is 2.20. The molecule has 0 fully saturated rings. The van der Waals surface area contributed by atoms with Gasteiger partial charge in [-0.3, -0.25) is 9.59 Å². The molecular weight excluding hydrogens is 415 g/mol. The van der Waals surface area contributed by atoms with Crippen molar-refractivity contribution in [1.29, 1.82) is 0 Å². The molecule has 0 saturated heterocycles. The minimum absolute atomic E-state index is 0.0693. The topological polar surface area (TPSA) is 122 Å². The monoisotopic (exact) mass is 434 g/mol. The third-order valence-electron chi connectivity index (χ3n) is 4.37. The van der Waals surface area contributed by atoms with E-state index in [-0.39, 0.29) is 27.5 Å². The molecule has 0 unspecified atom stereocenters. The van der Waals surface area contributed by atoms with Gasteiger partial charge in [0.05, 0.1) is 17.5 Å². The zero-order valence-electron chi connectivity index (χ0n) is 16.3. The summed E-state index contributed by atoms with van der Waals surface area (Å²) in [6, 6.07) is 6.35. The third kappa shape index (κ3) is 4.26. The quantitative estimate of drug-likeness (QED) is 0.550. The fraction of sp³-hybridized carbons (Fsp3) is 0.158. The highest BCUT2D eigenvalue weighted by Crippen LogP contribution is 2.22. The van der Waals surface area contributed by atoms with Gasteiger partial charge in [-0.15, -0.1) is 0 Å². The Morgan fingerprint density at radius 2 is 1.83 bits per heavy atom. The fourth-order valence-corrected chi connectivity index (χ4v) is 3.53.